The van der Waals surface area contributed by atoms with Crippen LogP contribution in [0.3, 0.4) is 0 Å². The molecule has 0 saturated heterocycles. The van der Waals surface area contributed by atoms with Crippen LogP contribution >= 0.6 is 23.4 Å². The first-order valence-electron chi connectivity index (χ1n) is 7.74. The summed E-state index contributed by atoms with van der Waals surface area (Å²) in [4.78, 5) is 16.7. The van der Waals surface area contributed by atoms with Gasteiger partial charge in [-0.2, -0.15) is 0 Å². The number of imidazole rings is 1. The van der Waals surface area contributed by atoms with E-state index in [9.17, 15) is 4.79 Å². The SMILES string of the molecule is Cc1nc(SCC(=O)NCc2ccc(Cl)cc2)n(C2CC2)c1C. The second-order valence-corrected chi connectivity index (χ2v) is 7.24. The first-order valence-corrected chi connectivity index (χ1v) is 9.10. The maximum atomic E-state index is 12.1. The summed E-state index contributed by atoms with van der Waals surface area (Å²) in [6.07, 6.45) is 2.43. The third-order valence-electron chi connectivity index (χ3n) is 4.00. The second kappa shape index (κ2) is 6.97. The molecule has 1 fully saturated rings. The third kappa shape index (κ3) is 4.09. The van der Waals surface area contributed by atoms with Crippen LogP contribution in [0.4, 0.5) is 0 Å². The van der Waals surface area contributed by atoms with Crippen LogP contribution in [0, 0.1) is 13.8 Å². The number of aromatic nitrogens is 2. The lowest BCUT2D eigenvalue weighted by molar-refractivity contribution is -0.118. The molecule has 23 heavy (non-hydrogen) atoms. The van der Waals surface area contributed by atoms with E-state index in [0.29, 0.717) is 23.4 Å². The first-order chi connectivity index (χ1) is 11.0. The number of halogens is 1. The van der Waals surface area contributed by atoms with Gasteiger partial charge in [0.05, 0.1) is 11.4 Å². The molecule has 0 spiro atoms. The average Bonchev–Trinajstić information content (AvgIpc) is 3.32. The van der Waals surface area contributed by atoms with Crippen LogP contribution in [0.5, 0.6) is 0 Å². The predicted molar refractivity (Wildman–Crippen MR) is 94.0 cm³/mol. The minimum absolute atomic E-state index is 0.0191. The number of carbonyl (C=O) groups excluding carboxylic acids is 1. The normalized spacial score (nSPS) is 14.0. The minimum Gasteiger partial charge on any atom is -0.351 e. The molecule has 6 heteroatoms. The number of hydrogen-bond donors (Lipinski definition) is 1. The maximum Gasteiger partial charge on any atom is 0.230 e. The zero-order chi connectivity index (χ0) is 16.4. The van der Waals surface area contributed by atoms with E-state index in [-0.39, 0.29) is 5.91 Å². The molecule has 0 radical (unpaired) electrons. The van der Waals surface area contributed by atoms with Crippen molar-refractivity contribution in [2.75, 3.05) is 5.75 Å². The summed E-state index contributed by atoms with van der Waals surface area (Å²) in [5.74, 6) is 0.404. The molecule has 122 valence electrons. The monoisotopic (exact) mass is 349 g/mol. The number of thioether (sulfide) groups is 1. The largest absolute Gasteiger partial charge is 0.351 e. The van der Waals surface area contributed by atoms with Gasteiger partial charge in [0.25, 0.3) is 0 Å². The van der Waals surface area contributed by atoms with E-state index in [2.05, 4.69) is 21.8 Å². The summed E-state index contributed by atoms with van der Waals surface area (Å²) >= 11 is 7.37. The van der Waals surface area contributed by atoms with Crippen LogP contribution in [0.2, 0.25) is 5.02 Å². The molecular formula is C17H20ClN3OS. The number of nitrogens with zero attached hydrogens (tertiary/aromatic N) is 2. The van der Waals surface area contributed by atoms with E-state index < -0.39 is 0 Å². The maximum absolute atomic E-state index is 12.1. The Morgan fingerprint density at radius 2 is 2.04 bits per heavy atom. The molecule has 1 saturated carbocycles. The summed E-state index contributed by atoms with van der Waals surface area (Å²) < 4.78 is 2.28. The number of nitrogens with one attached hydrogen (secondary N) is 1. The van der Waals surface area contributed by atoms with Crippen molar-refractivity contribution in [1.82, 2.24) is 14.9 Å². The molecule has 0 bridgehead atoms. The van der Waals surface area contributed by atoms with Crippen molar-refractivity contribution in [3.63, 3.8) is 0 Å². The van der Waals surface area contributed by atoms with Gasteiger partial charge in [0.15, 0.2) is 5.16 Å². The summed E-state index contributed by atoms with van der Waals surface area (Å²) in [7, 11) is 0. The Bertz CT molecular complexity index is 707. The van der Waals surface area contributed by atoms with Crippen molar-refractivity contribution >= 4 is 29.3 Å². The van der Waals surface area contributed by atoms with Crippen LogP contribution in [-0.2, 0) is 11.3 Å². The van der Waals surface area contributed by atoms with Gasteiger partial charge in [-0.3, -0.25) is 4.79 Å². The predicted octanol–water partition coefficient (Wildman–Crippen LogP) is 3.90. The van der Waals surface area contributed by atoms with Crippen LogP contribution in [0.1, 0.15) is 35.8 Å². The molecule has 1 amide bonds. The fourth-order valence-corrected chi connectivity index (χ4v) is 3.56. The minimum atomic E-state index is 0.0191. The quantitative estimate of drug-likeness (QED) is 0.804. The second-order valence-electron chi connectivity index (χ2n) is 5.86. The highest BCUT2D eigenvalue weighted by molar-refractivity contribution is 7.99. The van der Waals surface area contributed by atoms with E-state index in [1.54, 1.807) is 0 Å². The molecule has 1 aliphatic rings. The number of carbonyl (C=O) groups is 1. The van der Waals surface area contributed by atoms with Crippen molar-refractivity contribution in [1.29, 1.82) is 0 Å². The Morgan fingerprint density at radius 1 is 1.35 bits per heavy atom. The average molecular weight is 350 g/mol. The lowest BCUT2D eigenvalue weighted by Gasteiger charge is -2.08. The molecule has 1 aromatic heterocycles. The first kappa shape index (κ1) is 16.4. The Kier molecular flexibility index (Phi) is 4.97. The summed E-state index contributed by atoms with van der Waals surface area (Å²) in [5.41, 5.74) is 3.32. The molecule has 4 nitrogen and oxygen atoms in total. The van der Waals surface area contributed by atoms with Crippen molar-refractivity contribution in [3.05, 3.63) is 46.2 Å². The van der Waals surface area contributed by atoms with Gasteiger partial charge in [0, 0.05) is 23.3 Å². The standard InChI is InChI=1S/C17H20ClN3OS/c1-11-12(2)21(15-7-8-15)17(20-11)23-10-16(22)19-9-13-3-5-14(18)6-4-13/h3-6,15H,7-10H2,1-2H3,(H,19,22). The number of rotatable bonds is 6. The third-order valence-corrected chi connectivity index (χ3v) is 5.21. The molecule has 1 N–H and O–H groups in total. The molecule has 1 aliphatic carbocycles. The van der Waals surface area contributed by atoms with Crippen molar-refractivity contribution in [2.24, 2.45) is 0 Å². The highest BCUT2D eigenvalue weighted by atomic mass is 35.5. The van der Waals surface area contributed by atoms with E-state index in [4.69, 9.17) is 11.6 Å². The summed E-state index contributed by atoms with van der Waals surface area (Å²) in [5, 5.41) is 4.60. The highest BCUT2D eigenvalue weighted by Gasteiger charge is 2.28. The van der Waals surface area contributed by atoms with Gasteiger partial charge in [-0.25, -0.2) is 4.98 Å². The molecular weight excluding hydrogens is 330 g/mol. The van der Waals surface area contributed by atoms with Crippen LogP contribution in [0.25, 0.3) is 0 Å². The van der Waals surface area contributed by atoms with E-state index in [1.165, 1.54) is 30.3 Å². The zero-order valence-electron chi connectivity index (χ0n) is 13.3. The van der Waals surface area contributed by atoms with Gasteiger partial charge in [-0.05, 0) is 44.4 Å². The van der Waals surface area contributed by atoms with Crippen molar-refractivity contribution in [2.45, 2.75) is 44.4 Å². The Balaban J connectivity index is 1.53. The smallest absolute Gasteiger partial charge is 0.230 e. The van der Waals surface area contributed by atoms with E-state index in [0.717, 1.165) is 16.4 Å². The van der Waals surface area contributed by atoms with Crippen LogP contribution in [-0.4, -0.2) is 21.2 Å². The van der Waals surface area contributed by atoms with Crippen LogP contribution < -0.4 is 5.32 Å². The van der Waals surface area contributed by atoms with Gasteiger partial charge in [-0.15, -0.1) is 0 Å². The van der Waals surface area contributed by atoms with Gasteiger partial charge >= 0.3 is 0 Å². The topological polar surface area (TPSA) is 46.9 Å². The number of hydrogen-bond acceptors (Lipinski definition) is 3. The number of aryl methyl sites for hydroxylation is 1. The molecule has 0 aliphatic heterocycles. The Morgan fingerprint density at radius 3 is 2.70 bits per heavy atom. The summed E-state index contributed by atoms with van der Waals surface area (Å²) in [6, 6.07) is 8.08. The molecule has 2 aromatic rings. The van der Waals surface area contributed by atoms with Gasteiger partial charge in [0.1, 0.15) is 0 Å². The lowest BCUT2D eigenvalue weighted by Crippen LogP contribution is -2.24. The molecule has 1 heterocycles. The zero-order valence-corrected chi connectivity index (χ0v) is 14.9. The van der Waals surface area contributed by atoms with Gasteiger partial charge < -0.3 is 9.88 Å². The molecule has 1 aromatic carbocycles. The highest BCUT2D eigenvalue weighted by Crippen LogP contribution is 2.39. The fourth-order valence-electron chi connectivity index (χ4n) is 2.44. The van der Waals surface area contributed by atoms with Crippen LogP contribution in [0.15, 0.2) is 29.4 Å². The lowest BCUT2D eigenvalue weighted by atomic mass is 10.2. The molecule has 0 unspecified atom stereocenters. The van der Waals surface area contributed by atoms with E-state index in [1.807, 2.05) is 31.2 Å². The Labute approximate surface area is 145 Å². The number of amides is 1. The summed E-state index contributed by atoms with van der Waals surface area (Å²) in [6.45, 7) is 4.65. The van der Waals surface area contributed by atoms with Gasteiger partial charge in [-0.1, -0.05) is 35.5 Å². The fraction of sp³-hybridized carbons (Fsp3) is 0.412. The molecule has 0 atom stereocenters. The Hall–Kier alpha value is -1.46. The van der Waals surface area contributed by atoms with Gasteiger partial charge in [0.2, 0.25) is 5.91 Å². The van der Waals surface area contributed by atoms with Crippen molar-refractivity contribution in [3.8, 4) is 0 Å². The molecule has 3 rings (SSSR count). The van der Waals surface area contributed by atoms with E-state index >= 15 is 0 Å². The number of benzene rings is 1. The van der Waals surface area contributed by atoms with Crippen molar-refractivity contribution < 1.29 is 4.79 Å².